The summed E-state index contributed by atoms with van der Waals surface area (Å²) in [5.74, 6) is 0. The van der Waals surface area contributed by atoms with Crippen LogP contribution >= 0.6 is 0 Å². The van der Waals surface area contributed by atoms with Crippen LogP contribution in [0.5, 0.6) is 0 Å². The van der Waals surface area contributed by atoms with Gasteiger partial charge in [0.15, 0.2) is 0 Å². The van der Waals surface area contributed by atoms with Crippen LogP contribution in [0, 0.1) is 0 Å². The summed E-state index contributed by atoms with van der Waals surface area (Å²) in [6, 6.07) is 21.0. The van der Waals surface area contributed by atoms with Gasteiger partial charge in [0.2, 0.25) is 0 Å². The maximum Gasteiger partial charge on any atom is 0.0643 e. The monoisotopic (exact) mass is 265 g/mol. The van der Waals surface area contributed by atoms with Crippen LogP contribution < -0.4 is 0 Å². The molecule has 0 bridgehead atoms. The van der Waals surface area contributed by atoms with Gasteiger partial charge in [0.1, 0.15) is 0 Å². The van der Waals surface area contributed by atoms with E-state index >= 15 is 0 Å². The second-order valence-corrected chi connectivity index (χ2v) is 5.07. The fourth-order valence-electron chi connectivity index (χ4n) is 2.26. The number of hydrogen-bond acceptors (Lipinski definition) is 1. The molecule has 0 heterocycles. The van der Waals surface area contributed by atoms with Gasteiger partial charge in [-0.1, -0.05) is 80.4 Å². The summed E-state index contributed by atoms with van der Waals surface area (Å²) in [6.07, 6.45) is 4.82. The average Bonchev–Trinajstić information content (AvgIpc) is 2.52. The second-order valence-electron chi connectivity index (χ2n) is 5.07. The van der Waals surface area contributed by atoms with Gasteiger partial charge in [-0.3, -0.25) is 4.99 Å². The van der Waals surface area contributed by atoms with Crippen LogP contribution in [0.15, 0.2) is 65.7 Å². The molecular weight excluding hydrogens is 242 g/mol. The van der Waals surface area contributed by atoms with Gasteiger partial charge in [-0.25, -0.2) is 0 Å². The minimum atomic E-state index is 0.775. The first-order valence-electron chi connectivity index (χ1n) is 7.53. The predicted octanol–water partition coefficient (Wildman–Crippen LogP) is 5.26. The molecule has 0 aliphatic carbocycles. The predicted molar refractivity (Wildman–Crippen MR) is 87.3 cm³/mol. The summed E-state index contributed by atoms with van der Waals surface area (Å²) in [5, 5.41) is 0. The smallest absolute Gasteiger partial charge is 0.0643 e. The molecule has 2 aromatic rings. The van der Waals surface area contributed by atoms with Gasteiger partial charge >= 0.3 is 0 Å². The third kappa shape index (κ3) is 4.65. The molecule has 0 amide bonds. The lowest BCUT2D eigenvalue weighted by atomic mass is 10.0. The van der Waals surface area contributed by atoms with Crippen molar-refractivity contribution in [1.29, 1.82) is 0 Å². The fraction of sp³-hybridized carbons (Fsp3) is 0.316. The molecule has 0 unspecified atom stereocenters. The summed E-state index contributed by atoms with van der Waals surface area (Å²) >= 11 is 0. The van der Waals surface area contributed by atoms with Crippen LogP contribution in [0.1, 0.15) is 43.7 Å². The van der Waals surface area contributed by atoms with Crippen LogP contribution in [-0.4, -0.2) is 5.71 Å². The van der Waals surface area contributed by atoms with E-state index < -0.39 is 0 Å². The molecule has 1 nitrogen and oxygen atoms in total. The van der Waals surface area contributed by atoms with Gasteiger partial charge < -0.3 is 0 Å². The molecule has 2 rings (SSSR count). The highest BCUT2D eigenvalue weighted by molar-refractivity contribution is 6.00. The number of rotatable bonds is 7. The Morgan fingerprint density at radius 2 is 1.50 bits per heavy atom. The van der Waals surface area contributed by atoms with Crippen LogP contribution in [0.3, 0.4) is 0 Å². The van der Waals surface area contributed by atoms with E-state index in [4.69, 9.17) is 4.99 Å². The molecule has 0 aliphatic rings. The van der Waals surface area contributed by atoms with Crippen LogP contribution in [0.25, 0.3) is 0 Å². The highest BCUT2D eigenvalue weighted by atomic mass is 14.7. The quantitative estimate of drug-likeness (QED) is 0.478. The molecule has 0 aliphatic heterocycles. The van der Waals surface area contributed by atoms with Crippen molar-refractivity contribution in [3.8, 4) is 0 Å². The molecule has 0 saturated heterocycles. The second kappa shape index (κ2) is 8.31. The Kier molecular flexibility index (Phi) is 6.04. The van der Waals surface area contributed by atoms with Crippen molar-refractivity contribution in [3.05, 3.63) is 71.8 Å². The van der Waals surface area contributed by atoms with E-state index in [1.54, 1.807) is 0 Å². The lowest BCUT2D eigenvalue weighted by Gasteiger charge is -2.07. The molecule has 0 fully saturated rings. The van der Waals surface area contributed by atoms with Crippen molar-refractivity contribution in [3.63, 3.8) is 0 Å². The summed E-state index contributed by atoms with van der Waals surface area (Å²) in [7, 11) is 0. The number of unbranched alkanes of at least 4 members (excludes halogenated alkanes) is 2. The van der Waals surface area contributed by atoms with E-state index in [2.05, 4.69) is 61.5 Å². The molecular formula is C19H23N. The molecule has 2 aromatic carbocycles. The zero-order valence-corrected chi connectivity index (χ0v) is 12.3. The van der Waals surface area contributed by atoms with Crippen molar-refractivity contribution in [1.82, 2.24) is 0 Å². The molecule has 104 valence electrons. The zero-order chi connectivity index (χ0) is 14.0. The van der Waals surface area contributed by atoms with Crippen molar-refractivity contribution < 1.29 is 0 Å². The summed E-state index contributed by atoms with van der Waals surface area (Å²) in [4.78, 5) is 4.85. The molecule has 1 heteroatoms. The first kappa shape index (κ1) is 14.5. The maximum absolute atomic E-state index is 4.85. The van der Waals surface area contributed by atoms with Crippen LogP contribution in [0.4, 0.5) is 0 Å². The zero-order valence-electron chi connectivity index (χ0n) is 12.3. The maximum atomic E-state index is 4.85. The van der Waals surface area contributed by atoms with E-state index in [9.17, 15) is 0 Å². The van der Waals surface area contributed by atoms with Gasteiger partial charge in [-0.15, -0.1) is 0 Å². The summed E-state index contributed by atoms with van der Waals surface area (Å²) < 4.78 is 0. The van der Waals surface area contributed by atoms with E-state index in [-0.39, 0.29) is 0 Å². The Labute approximate surface area is 122 Å². The first-order chi connectivity index (χ1) is 9.90. The largest absolute Gasteiger partial charge is 0.284 e. The molecule has 20 heavy (non-hydrogen) atoms. The number of nitrogens with zero attached hydrogens (tertiary/aromatic N) is 1. The molecule has 0 spiro atoms. The van der Waals surface area contributed by atoms with Gasteiger partial charge in [0.25, 0.3) is 0 Å². The number of benzene rings is 2. The van der Waals surface area contributed by atoms with E-state index in [1.165, 1.54) is 36.1 Å². The number of hydrogen-bond donors (Lipinski definition) is 0. The van der Waals surface area contributed by atoms with Gasteiger partial charge in [-0.2, -0.15) is 0 Å². The van der Waals surface area contributed by atoms with Crippen molar-refractivity contribution >= 4 is 5.71 Å². The standard InChI is InChI=1S/C19H23N/c1-2-3-6-15-19(18-13-9-5-10-14-18)20-16-17-11-7-4-8-12-17/h4-5,7-14H,2-3,6,15-16H2,1H3. The van der Waals surface area contributed by atoms with Crippen LogP contribution in [-0.2, 0) is 6.54 Å². The summed E-state index contributed by atoms with van der Waals surface area (Å²) in [5.41, 5.74) is 3.78. The highest BCUT2D eigenvalue weighted by Crippen LogP contribution is 2.11. The van der Waals surface area contributed by atoms with Gasteiger partial charge in [0, 0.05) is 5.71 Å². The Hall–Kier alpha value is -1.89. The van der Waals surface area contributed by atoms with Crippen LogP contribution in [0.2, 0.25) is 0 Å². The average molecular weight is 265 g/mol. The minimum Gasteiger partial charge on any atom is -0.284 e. The van der Waals surface area contributed by atoms with Gasteiger partial charge in [0.05, 0.1) is 6.54 Å². The Balaban J connectivity index is 2.09. The lowest BCUT2D eigenvalue weighted by molar-refractivity contribution is 0.740. The molecule has 0 atom stereocenters. The van der Waals surface area contributed by atoms with E-state index in [1.807, 2.05) is 6.07 Å². The van der Waals surface area contributed by atoms with E-state index in [0.29, 0.717) is 0 Å². The molecule has 0 saturated carbocycles. The topological polar surface area (TPSA) is 12.4 Å². The lowest BCUT2D eigenvalue weighted by Crippen LogP contribution is -2.02. The molecule has 0 radical (unpaired) electrons. The highest BCUT2D eigenvalue weighted by Gasteiger charge is 2.02. The normalized spacial score (nSPS) is 11.6. The SMILES string of the molecule is CCCCCC(=NCc1ccccc1)c1ccccc1. The van der Waals surface area contributed by atoms with Crippen molar-refractivity contribution in [2.45, 2.75) is 39.2 Å². The van der Waals surface area contributed by atoms with E-state index in [0.717, 1.165) is 13.0 Å². The third-order valence-corrected chi connectivity index (χ3v) is 3.42. The number of aliphatic imine (C=N–C) groups is 1. The minimum absolute atomic E-state index is 0.775. The Morgan fingerprint density at radius 3 is 2.15 bits per heavy atom. The summed E-state index contributed by atoms with van der Waals surface area (Å²) in [6.45, 7) is 3.01. The van der Waals surface area contributed by atoms with Crippen molar-refractivity contribution in [2.24, 2.45) is 4.99 Å². The molecule has 0 N–H and O–H groups in total. The molecule has 0 aromatic heterocycles. The van der Waals surface area contributed by atoms with Gasteiger partial charge in [-0.05, 0) is 24.0 Å². The Morgan fingerprint density at radius 1 is 0.850 bits per heavy atom. The Bertz CT molecular complexity index is 514. The first-order valence-corrected chi connectivity index (χ1v) is 7.53. The van der Waals surface area contributed by atoms with Crippen molar-refractivity contribution in [2.75, 3.05) is 0 Å². The third-order valence-electron chi connectivity index (χ3n) is 3.42. The fourth-order valence-corrected chi connectivity index (χ4v) is 2.26.